The van der Waals surface area contributed by atoms with Crippen LogP contribution in [0.25, 0.3) is 76.8 Å². The lowest BCUT2D eigenvalue weighted by Crippen LogP contribution is -2.26. The van der Waals surface area contributed by atoms with Crippen molar-refractivity contribution in [2.24, 2.45) is 0 Å². The van der Waals surface area contributed by atoms with Crippen molar-refractivity contribution >= 4 is 49.4 Å². The molecule has 0 aliphatic heterocycles. The second kappa shape index (κ2) is 13.5. The topological polar surface area (TPSA) is 3.24 Å². The Hall–Kier alpha value is -8.00. The summed E-state index contributed by atoms with van der Waals surface area (Å²) in [4.78, 5) is 2.51. The Morgan fingerprint density at radius 2 is 0.645 bits per heavy atom. The maximum Gasteiger partial charge on any atom is 0.0726 e. The van der Waals surface area contributed by atoms with Crippen LogP contribution in [0.1, 0.15) is 22.3 Å². The highest BCUT2D eigenvalue weighted by Gasteiger charge is 2.51. The summed E-state index contributed by atoms with van der Waals surface area (Å²) in [5.41, 5.74) is 18.4. The van der Waals surface area contributed by atoms with Crippen LogP contribution in [0.3, 0.4) is 0 Å². The summed E-state index contributed by atoms with van der Waals surface area (Å²) < 4.78 is 0. The van der Waals surface area contributed by atoms with Gasteiger partial charge >= 0.3 is 0 Å². The number of fused-ring (bicyclic) bond motifs is 16. The van der Waals surface area contributed by atoms with Gasteiger partial charge in [0.2, 0.25) is 0 Å². The summed E-state index contributed by atoms with van der Waals surface area (Å²) in [6.07, 6.45) is 0. The average molecular weight is 786 g/mol. The van der Waals surface area contributed by atoms with Crippen LogP contribution in [-0.2, 0) is 5.41 Å². The molecule has 0 bridgehead atoms. The van der Waals surface area contributed by atoms with Gasteiger partial charge in [-0.2, -0.15) is 0 Å². The Bertz CT molecular complexity index is 3450. The number of anilines is 3. The molecule has 0 amide bonds. The molecule has 1 nitrogen and oxygen atoms in total. The van der Waals surface area contributed by atoms with E-state index >= 15 is 0 Å². The third-order valence-electron chi connectivity index (χ3n) is 13.7. The van der Waals surface area contributed by atoms with Gasteiger partial charge in [0.1, 0.15) is 0 Å². The van der Waals surface area contributed by atoms with Gasteiger partial charge in [-0.1, -0.05) is 206 Å². The molecule has 0 unspecified atom stereocenters. The highest BCUT2D eigenvalue weighted by atomic mass is 15.1. The van der Waals surface area contributed by atoms with Gasteiger partial charge in [-0.3, -0.25) is 0 Å². The molecule has 0 saturated heterocycles. The van der Waals surface area contributed by atoms with Gasteiger partial charge < -0.3 is 4.90 Å². The monoisotopic (exact) mass is 785 g/mol. The first-order chi connectivity index (χ1) is 30.8. The fraction of sp³-hybridized carbons (Fsp3) is 0.0164. The van der Waals surface area contributed by atoms with Crippen LogP contribution in [0.5, 0.6) is 0 Å². The molecule has 1 heteroatoms. The van der Waals surface area contributed by atoms with E-state index in [1.54, 1.807) is 0 Å². The van der Waals surface area contributed by atoms with Crippen molar-refractivity contribution in [3.63, 3.8) is 0 Å². The molecule has 0 heterocycles. The third-order valence-corrected chi connectivity index (χ3v) is 13.7. The zero-order valence-electron chi connectivity index (χ0n) is 34.0. The van der Waals surface area contributed by atoms with Crippen molar-refractivity contribution in [3.8, 4) is 44.5 Å². The Kier molecular flexibility index (Phi) is 7.59. The lowest BCUT2D eigenvalue weighted by Gasteiger charge is -2.32. The second-order valence-electron chi connectivity index (χ2n) is 16.7. The van der Waals surface area contributed by atoms with Crippen LogP contribution in [0.4, 0.5) is 17.1 Å². The Morgan fingerprint density at radius 1 is 0.258 bits per heavy atom. The number of nitrogens with zero attached hydrogens (tertiary/aromatic N) is 1. The van der Waals surface area contributed by atoms with Crippen molar-refractivity contribution in [3.05, 3.63) is 259 Å². The molecule has 11 aromatic rings. The highest BCUT2D eigenvalue weighted by Crippen LogP contribution is 2.63. The van der Waals surface area contributed by atoms with Gasteiger partial charge in [0.15, 0.2) is 0 Å². The molecular formula is C61H39N. The normalized spacial score (nSPS) is 13.0. The van der Waals surface area contributed by atoms with Crippen molar-refractivity contribution in [1.29, 1.82) is 0 Å². The molecule has 62 heavy (non-hydrogen) atoms. The largest absolute Gasteiger partial charge is 0.310 e. The van der Waals surface area contributed by atoms with E-state index in [1.807, 2.05) is 0 Å². The van der Waals surface area contributed by atoms with E-state index in [9.17, 15) is 0 Å². The van der Waals surface area contributed by atoms with E-state index < -0.39 is 5.41 Å². The molecule has 13 rings (SSSR count). The first-order valence-corrected chi connectivity index (χ1v) is 21.6. The molecule has 11 aromatic carbocycles. The lowest BCUT2D eigenvalue weighted by molar-refractivity contribution is 0.793. The van der Waals surface area contributed by atoms with Gasteiger partial charge in [0, 0.05) is 16.8 Å². The maximum atomic E-state index is 2.51. The van der Waals surface area contributed by atoms with Crippen LogP contribution in [0.15, 0.2) is 237 Å². The third kappa shape index (κ3) is 4.91. The maximum absolute atomic E-state index is 2.51. The van der Waals surface area contributed by atoms with E-state index in [2.05, 4.69) is 241 Å². The molecule has 0 N–H and O–H groups in total. The van der Waals surface area contributed by atoms with Gasteiger partial charge in [-0.15, -0.1) is 0 Å². The molecule has 288 valence electrons. The van der Waals surface area contributed by atoms with Crippen molar-refractivity contribution in [2.45, 2.75) is 5.41 Å². The van der Waals surface area contributed by atoms with E-state index in [4.69, 9.17) is 0 Å². The Balaban J connectivity index is 1.06. The summed E-state index contributed by atoms with van der Waals surface area (Å²) in [6.45, 7) is 0. The quantitative estimate of drug-likeness (QED) is 0.157. The summed E-state index contributed by atoms with van der Waals surface area (Å²) >= 11 is 0. The van der Waals surface area contributed by atoms with Gasteiger partial charge in [-0.25, -0.2) is 0 Å². The number of rotatable bonds is 5. The molecule has 2 aliphatic rings. The van der Waals surface area contributed by atoms with Crippen LogP contribution in [0.2, 0.25) is 0 Å². The fourth-order valence-electron chi connectivity index (χ4n) is 11.1. The predicted octanol–water partition coefficient (Wildman–Crippen LogP) is 16.3. The van der Waals surface area contributed by atoms with Gasteiger partial charge in [-0.05, 0) is 124 Å². The Labute approximate surface area is 361 Å². The highest BCUT2D eigenvalue weighted by molar-refractivity contribution is 6.28. The molecule has 0 saturated carbocycles. The molecule has 0 aromatic heterocycles. The molecule has 0 atom stereocenters. The minimum Gasteiger partial charge on any atom is -0.310 e. The van der Waals surface area contributed by atoms with Crippen LogP contribution < -0.4 is 4.90 Å². The zero-order chi connectivity index (χ0) is 40.8. The van der Waals surface area contributed by atoms with E-state index in [1.165, 1.54) is 99.1 Å². The minimum absolute atomic E-state index is 0.446. The van der Waals surface area contributed by atoms with Crippen LogP contribution >= 0.6 is 0 Å². The minimum atomic E-state index is -0.446. The van der Waals surface area contributed by atoms with E-state index in [0.29, 0.717) is 0 Å². The predicted molar refractivity (Wildman–Crippen MR) is 261 cm³/mol. The average Bonchev–Trinajstić information content (AvgIpc) is 3.82. The van der Waals surface area contributed by atoms with E-state index in [-0.39, 0.29) is 0 Å². The summed E-state index contributed by atoms with van der Waals surface area (Å²) in [6, 6.07) is 87.8. The fourth-order valence-corrected chi connectivity index (χ4v) is 11.1. The first-order valence-electron chi connectivity index (χ1n) is 21.6. The lowest BCUT2D eigenvalue weighted by atomic mass is 9.70. The Morgan fingerprint density at radius 3 is 1.19 bits per heavy atom. The van der Waals surface area contributed by atoms with E-state index in [0.717, 1.165) is 17.1 Å². The van der Waals surface area contributed by atoms with Crippen LogP contribution in [0, 0.1) is 0 Å². The summed E-state index contributed by atoms with van der Waals surface area (Å²) in [7, 11) is 0. The van der Waals surface area contributed by atoms with Crippen LogP contribution in [-0.4, -0.2) is 0 Å². The number of hydrogen-bond donors (Lipinski definition) is 0. The van der Waals surface area contributed by atoms with Crippen molar-refractivity contribution in [1.82, 2.24) is 0 Å². The molecule has 1 spiro atoms. The number of benzene rings is 11. The second-order valence-corrected chi connectivity index (χ2v) is 16.7. The molecule has 0 fully saturated rings. The van der Waals surface area contributed by atoms with Gasteiger partial charge in [0.25, 0.3) is 0 Å². The van der Waals surface area contributed by atoms with Crippen molar-refractivity contribution < 1.29 is 0 Å². The summed E-state index contributed by atoms with van der Waals surface area (Å²) in [5, 5.41) is 7.55. The SMILES string of the molecule is c1ccc(-c2ccc(-c3ccc(N(c4ccc5c(c4)C4(c6ccccc6-c6ccccc64)c4ccccc4-5)c4cccc5c6ccccc6c6ccccc6c45)cc3)cc2)cc1. The molecular weight excluding hydrogens is 747 g/mol. The van der Waals surface area contributed by atoms with Gasteiger partial charge in [0.05, 0.1) is 11.1 Å². The first kappa shape index (κ1) is 34.8. The molecule has 0 radical (unpaired) electrons. The van der Waals surface area contributed by atoms with Crippen molar-refractivity contribution in [2.75, 3.05) is 4.90 Å². The zero-order valence-corrected chi connectivity index (χ0v) is 34.0. The summed E-state index contributed by atoms with van der Waals surface area (Å²) in [5.74, 6) is 0. The number of hydrogen-bond acceptors (Lipinski definition) is 1. The standard InChI is InChI=1S/C61H39N/c1-2-15-40(16-3-1)41-29-31-42(32-30-41)43-33-35-44(36-34-43)62(59-28-14-24-54-48-18-5-4-17-46(48)47-19-6-7-23-53(47)60(54)59)45-37-38-52-51-22-10-13-27-57(51)61(58(52)39-45)55-25-11-8-20-49(55)50-21-9-12-26-56(50)61/h1-39H. The molecule has 2 aliphatic carbocycles. The smallest absolute Gasteiger partial charge is 0.0726 e.